The molecule has 0 aromatic heterocycles. The molecule has 4 rings (SSSR count). The van der Waals surface area contributed by atoms with E-state index < -0.39 is 0 Å². The molecule has 2 heterocycles. The van der Waals surface area contributed by atoms with Gasteiger partial charge in [-0.05, 0) is 29.7 Å². The van der Waals surface area contributed by atoms with Gasteiger partial charge in [-0.2, -0.15) is 0 Å². The highest BCUT2D eigenvalue weighted by atomic mass is 16.7. The van der Waals surface area contributed by atoms with Gasteiger partial charge in [-0.15, -0.1) is 0 Å². The number of ether oxygens (including phenoxy) is 2. The standard InChI is InChI=1S/C14H11BN2O3/c18-14-10-3-1-2-4-11(10)16-15(17-14)9-5-6-12-13(7-9)20-8-19-12/h1-7,16H,8H2,(H,17,18). The third kappa shape index (κ3) is 1.69. The van der Waals surface area contributed by atoms with Crippen LogP contribution in [-0.4, -0.2) is 19.7 Å². The van der Waals surface area contributed by atoms with Gasteiger partial charge in [0.25, 0.3) is 0 Å². The van der Waals surface area contributed by atoms with Crippen LogP contribution in [0.25, 0.3) is 0 Å². The number of carbonyl (C=O) groups is 1. The molecule has 0 bridgehead atoms. The fourth-order valence-corrected chi connectivity index (χ4v) is 2.47. The van der Waals surface area contributed by atoms with Crippen LogP contribution in [0, 0.1) is 0 Å². The van der Waals surface area contributed by atoms with E-state index in [0.29, 0.717) is 11.3 Å². The van der Waals surface area contributed by atoms with Crippen molar-refractivity contribution in [1.82, 2.24) is 5.23 Å². The zero-order chi connectivity index (χ0) is 13.5. The van der Waals surface area contributed by atoms with Crippen molar-refractivity contribution in [2.45, 2.75) is 0 Å². The molecule has 1 amide bonds. The molecule has 2 aromatic carbocycles. The molecule has 0 saturated carbocycles. The number of benzene rings is 2. The predicted octanol–water partition coefficient (Wildman–Crippen LogP) is 0.966. The number of hydrogen-bond donors (Lipinski definition) is 2. The molecule has 20 heavy (non-hydrogen) atoms. The summed E-state index contributed by atoms with van der Waals surface area (Å²) in [5.41, 5.74) is 2.42. The second kappa shape index (κ2) is 4.20. The highest BCUT2D eigenvalue weighted by Gasteiger charge is 2.30. The SMILES string of the molecule is O=C1NB(c2ccc3c(c2)OCO3)Nc2ccccc21. The Labute approximate surface area is 116 Å². The number of fused-ring (bicyclic) bond motifs is 2. The van der Waals surface area contributed by atoms with Crippen molar-refractivity contribution in [2.75, 3.05) is 12.0 Å². The van der Waals surface area contributed by atoms with Gasteiger partial charge < -0.3 is 19.9 Å². The quantitative estimate of drug-likeness (QED) is 0.755. The molecule has 2 aliphatic heterocycles. The van der Waals surface area contributed by atoms with Crippen molar-refractivity contribution in [1.29, 1.82) is 0 Å². The van der Waals surface area contributed by atoms with E-state index in [2.05, 4.69) is 10.5 Å². The molecule has 0 spiro atoms. The van der Waals surface area contributed by atoms with Gasteiger partial charge in [0, 0.05) is 5.69 Å². The Morgan fingerprint density at radius 3 is 2.80 bits per heavy atom. The van der Waals surface area contributed by atoms with E-state index >= 15 is 0 Å². The molecular weight excluding hydrogens is 255 g/mol. The van der Waals surface area contributed by atoms with Crippen molar-refractivity contribution in [3.05, 3.63) is 48.0 Å². The van der Waals surface area contributed by atoms with Crippen LogP contribution in [-0.2, 0) is 0 Å². The average Bonchev–Trinajstić information content (AvgIpc) is 2.94. The van der Waals surface area contributed by atoms with Gasteiger partial charge >= 0.3 is 6.98 Å². The van der Waals surface area contributed by atoms with Gasteiger partial charge in [-0.25, -0.2) is 0 Å². The molecule has 98 valence electrons. The number of amides is 1. The molecule has 0 unspecified atom stereocenters. The van der Waals surface area contributed by atoms with Crippen molar-refractivity contribution < 1.29 is 14.3 Å². The third-order valence-electron chi connectivity index (χ3n) is 3.48. The van der Waals surface area contributed by atoms with E-state index in [1.54, 1.807) is 6.07 Å². The minimum atomic E-state index is -0.271. The van der Waals surface area contributed by atoms with Crippen molar-refractivity contribution in [2.24, 2.45) is 0 Å². The van der Waals surface area contributed by atoms with Gasteiger partial charge in [0.05, 0.1) is 5.56 Å². The Hall–Kier alpha value is -2.63. The van der Waals surface area contributed by atoms with Crippen LogP contribution in [0.4, 0.5) is 5.69 Å². The average molecular weight is 266 g/mol. The Kier molecular flexibility index (Phi) is 2.35. The monoisotopic (exact) mass is 266 g/mol. The number of hydrogen-bond acceptors (Lipinski definition) is 4. The van der Waals surface area contributed by atoms with Crippen LogP contribution >= 0.6 is 0 Å². The van der Waals surface area contributed by atoms with Gasteiger partial charge in [0.2, 0.25) is 12.7 Å². The summed E-state index contributed by atoms with van der Waals surface area (Å²) >= 11 is 0. The summed E-state index contributed by atoms with van der Waals surface area (Å²) in [5.74, 6) is 1.36. The summed E-state index contributed by atoms with van der Waals surface area (Å²) in [4.78, 5) is 12.1. The molecular formula is C14H11BN2O3. The molecule has 0 saturated heterocycles. The summed E-state index contributed by atoms with van der Waals surface area (Å²) in [6.45, 7) is -0.0293. The van der Waals surface area contributed by atoms with E-state index in [9.17, 15) is 4.79 Å². The lowest BCUT2D eigenvalue weighted by Crippen LogP contribution is -2.56. The molecule has 6 heteroatoms. The summed E-state index contributed by atoms with van der Waals surface area (Å²) < 4.78 is 10.7. The highest BCUT2D eigenvalue weighted by molar-refractivity contribution is 6.77. The number of anilines is 1. The second-order valence-electron chi connectivity index (χ2n) is 4.71. The zero-order valence-electron chi connectivity index (χ0n) is 10.6. The first-order chi connectivity index (χ1) is 9.81. The van der Waals surface area contributed by atoms with Crippen LogP contribution < -0.4 is 25.4 Å². The molecule has 5 nitrogen and oxygen atoms in total. The number of para-hydroxylation sites is 1. The molecule has 0 atom stereocenters. The Morgan fingerprint density at radius 1 is 1.00 bits per heavy atom. The van der Waals surface area contributed by atoms with E-state index in [4.69, 9.17) is 9.47 Å². The lowest BCUT2D eigenvalue weighted by Gasteiger charge is -2.24. The van der Waals surface area contributed by atoms with Crippen molar-refractivity contribution in [3.8, 4) is 11.5 Å². The second-order valence-corrected chi connectivity index (χ2v) is 4.71. The largest absolute Gasteiger partial charge is 0.454 e. The maximum absolute atomic E-state index is 12.1. The van der Waals surface area contributed by atoms with Crippen molar-refractivity contribution >= 4 is 24.0 Å². The number of rotatable bonds is 1. The van der Waals surface area contributed by atoms with Crippen LogP contribution in [0.3, 0.4) is 0 Å². The van der Waals surface area contributed by atoms with Crippen LogP contribution in [0.5, 0.6) is 11.5 Å². The fourth-order valence-electron chi connectivity index (χ4n) is 2.47. The normalized spacial score (nSPS) is 15.4. The number of carbonyl (C=O) groups excluding carboxylic acids is 1. The Morgan fingerprint density at radius 2 is 1.85 bits per heavy atom. The lowest BCUT2D eigenvalue weighted by atomic mass is 9.66. The molecule has 2 aliphatic rings. The van der Waals surface area contributed by atoms with Gasteiger partial charge in [-0.1, -0.05) is 18.2 Å². The van der Waals surface area contributed by atoms with E-state index in [-0.39, 0.29) is 19.7 Å². The first-order valence-electron chi connectivity index (χ1n) is 6.37. The summed E-state index contributed by atoms with van der Waals surface area (Å²) in [6.07, 6.45) is 0. The first-order valence-corrected chi connectivity index (χ1v) is 6.37. The molecule has 2 aromatic rings. The minimum Gasteiger partial charge on any atom is -0.454 e. The molecule has 0 radical (unpaired) electrons. The number of nitrogens with one attached hydrogen (secondary N) is 2. The summed E-state index contributed by atoms with van der Waals surface area (Å²) in [7, 11) is 0. The van der Waals surface area contributed by atoms with E-state index in [1.165, 1.54) is 0 Å². The zero-order valence-corrected chi connectivity index (χ0v) is 10.6. The maximum Gasteiger partial charge on any atom is 0.408 e. The topological polar surface area (TPSA) is 59.6 Å². The fraction of sp³-hybridized carbons (Fsp3) is 0.0714. The lowest BCUT2D eigenvalue weighted by molar-refractivity contribution is 0.0979. The minimum absolute atomic E-state index is 0.0815. The Balaban J connectivity index is 1.69. The van der Waals surface area contributed by atoms with Crippen molar-refractivity contribution in [3.63, 3.8) is 0 Å². The molecule has 0 aliphatic carbocycles. The molecule has 2 N–H and O–H groups in total. The predicted molar refractivity (Wildman–Crippen MR) is 75.5 cm³/mol. The van der Waals surface area contributed by atoms with Crippen LogP contribution in [0.15, 0.2) is 42.5 Å². The highest BCUT2D eigenvalue weighted by Crippen LogP contribution is 2.30. The van der Waals surface area contributed by atoms with Gasteiger partial charge in [-0.3, -0.25) is 4.79 Å². The van der Waals surface area contributed by atoms with Crippen LogP contribution in [0.1, 0.15) is 10.4 Å². The van der Waals surface area contributed by atoms with Gasteiger partial charge in [0.15, 0.2) is 11.5 Å². The third-order valence-corrected chi connectivity index (χ3v) is 3.48. The van der Waals surface area contributed by atoms with E-state index in [0.717, 1.165) is 16.9 Å². The maximum atomic E-state index is 12.1. The summed E-state index contributed by atoms with van der Waals surface area (Å²) in [5, 5.41) is 6.24. The molecule has 0 fully saturated rings. The first kappa shape index (κ1) is 11.2. The van der Waals surface area contributed by atoms with Gasteiger partial charge in [0.1, 0.15) is 0 Å². The summed E-state index contributed by atoms with van der Waals surface area (Å²) in [6, 6.07) is 13.1. The van der Waals surface area contributed by atoms with Crippen LogP contribution in [0.2, 0.25) is 0 Å². The Bertz CT molecular complexity index is 705. The smallest absolute Gasteiger partial charge is 0.408 e. The van der Waals surface area contributed by atoms with E-state index in [1.807, 2.05) is 36.4 Å².